The minimum Gasteiger partial charge on any atom is -0.165 e. The summed E-state index contributed by atoms with van der Waals surface area (Å²) in [5, 5.41) is 10.6. The van der Waals surface area contributed by atoms with Crippen molar-refractivity contribution in [2.75, 3.05) is 0 Å². The molecule has 0 unspecified atom stereocenters. The maximum atomic E-state index is 2.28. The maximum absolute atomic E-state index is 2.28. The second kappa shape index (κ2) is 15.9. The van der Waals surface area contributed by atoms with Crippen molar-refractivity contribution in [3.05, 3.63) is 157 Å². The normalized spacial score (nSPS) is 10.4. The third-order valence-corrected chi connectivity index (χ3v) is 7.95. The minimum absolute atomic E-state index is 0. The largest absolute Gasteiger partial charge is 0.165 e. The SMILES string of the molecule is C[Si](C)=[Ti+2].Cc1cc2c(-c3cccc4ccccc34)cccc2[cH-]1.Cc1cc2c(-c3cccc4ccccc34)cccc2[cH-]1.Cl.Cl. The summed E-state index contributed by atoms with van der Waals surface area (Å²) < 4.78 is 0. The molecule has 228 valence electrons. The molecule has 0 fully saturated rings. The number of aryl methyl sites for hydroxylation is 2. The zero-order valence-electron chi connectivity index (χ0n) is 26.7. The van der Waals surface area contributed by atoms with Crippen LogP contribution in [0.3, 0.4) is 0 Å². The van der Waals surface area contributed by atoms with E-state index in [9.17, 15) is 0 Å². The van der Waals surface area contributed by atoms with Gasteiger partial charge in [0.1, 0.15) is 0 Å². The Labute approximate surface area is 297 Å². The summed E-state index contributed by atoms with van der Waals surface area (Å²) in [4.78, 5) is 0. The van der Waals surface area contributed by atoms with Gasteiger partial charge in [-0.3, -0.25) is 0 Å². The van der Waals surface area contributed by atoms with Gasteiger partial charge in [0.2, 0.25) is 0 Å². The fourth-order valence-corrected chi connectivity index (χ4v) is 6.16. The molecule has 0 saturated carbocycles. The molecule has 0 aliphatic heterocycles. The molecule has 8 aromatic carbocycles. The van der Waals surface area contributed by atoms with Crippen LogP contribution in [0.5, 0.6) is 0 Å². The van der Waals surface area contributed by atoms with Crippen LogP contribution in [0.25, 0.3) is 65.3 Å². The van der Waals surface area contributed by atoms with E-state index in [1.165, 1.54) is 76.5 Å². The van der Waals surface area contributed by atoms with Crippen LogP contribution in [0.1, 0.15) is 11.1 Å². The Morgan fingerprint density at radius 3 is 1.13 bits per heavy atom. The van der Waals surface area contributed by atoms with Crippen molar-refractivity contribution in [3.8, 4) is 22.3 Å². The number of halogens is 2. The summed E-state index contributed by atoms with van der Waals surface area (Å²) in [6.07, 6.45) is 0.120. The molecule has 0 N–H and O–H groups in total. The molecule has 0 spiro atoms. The molecule has 0 saturated heterocycles. The molecule has 0 heterocycles. The topological polar surface area (TPSA) is 0 Å². The Hall–Kier alpha value is -3.43. The standard InChI is InChI=1S/2C20H15.C2H6Si.2ClH.Ti/c2*1-14-12-16-8-5-11-19(20(16)13-14)18-10-4-7-15-6-2-3-9-17(15)18;1-3-2;;;/h2*2-13H,1H3;1-2H3;2*1H;/q2*-1;;;;+2. The van der Waals surface area contributed by atoms with Gasteiger partial charge in [0.15, 0.2) is 0 Å². The van der Waals surface area contributed by atoms with Crippen LogP contribution >= 0.6 is 24.8 Å². The fraction of sp³-hybridized carbons (Fsp3) is 0.0952. The van der Waals surface area contributed by atoms with E-state index >= 15 is 0 Å². The molecule has 0 atom stereocenters. The second-order valence-electron chi connectivity index (χ2n) is 11.7. The quantitative estimate of drug-likeness (QED) is 0.125. The van der Waals surface area contributed by atoms with E-state index < -0.39 is 0 Å². The molecule has 46 heavy (non-hydrogen) atoms. The van der Waals surface area contributed by atoms with E-state index in [-0.39, 0.29) is 31.0 Å². The summed E-state index contributed by atoms with van der Waals surface area (Å²) in [7, 11) is 0. The molecule has 0 bridgehead atoms. The van der Waals surface area contributed by atoms with Gasteiger partial charge in [-0.1, -0.05) is 122 Å². The Morgan fingerprint density at radius 1 is 0.435 bits per heavy atom. The number of rotatable bonds is 2. The Kier molecular flexibility index (Phi) is 12.3. The molecule has 8 rings (SSSR count). The van der Waals surface area contributed by atoms with Gasteiger partial charge < -0.3 is 0 Å². The van der Waals surface area contributed by atoms with E-state index in [2.05, 4.69) is 192 Å². The second-order valence-corrected chi connectivity index (χ2v) is 18.4. The van der Waals surface area contributed by atoms with Gasteiger partial charge in [0, 0.05) is 0 Å². The molecular weight excluding hydrogens is 651 g/mol. The van der Waals surface area contributed by atoms with Gasteiger partial charge >= 0.3 is 38.5 Å². The molecule has 0 aliphatic rings. The van der Waals surface area contributed by atoms with Gasteiger partial charge in [-0.05, 0) is 32.7 Å². The van der Waals surface area contributed by atoms with Crippen molar-refractivity contribution in [1.82, 2.24) is 0 Å². The van der Waals surface area contributed by atoms with Crippen molar-refractivity contribution in [1.29, 1.82) is 0 Å². The Balaban J connectivity index is 0.000000180. The molecule has 8 aromatic rings. The van der Waals surface area contributed by atoms with Crippen molar-refractivity contribution in [2.45, 2.75) is 26.9 Å². The van der Waals surface area contributed by atoms with E-state index in [0.717, 1.165) is 0 Å². The Morgan fingerprint density at radius 2 is 0.739 bits per heavy atom. The van der Waals surface area contributed by atoms with Crippen molar-refractivity contribution in [2.24, 2.45) is 0 Å². The first-order chi connectivity index (χ1) is 21.4. The summed E-state index contributed by atoms with van der Waals surface area (Å²) >= 11 is 2.27. The van der Waals surface area contributed by atoms with Gasteiger partial charge in [-0.25, -0.2) is 0 Å². The first-order valence-electron chi connectivity index (χ1n) is 15.2. The maximum Gasteiger partial charge on any atom is -0.0114 e. The number of fused-ring (bicyclic) bond motifs is 4. The van der Waals surface area contributed by atoms with E-state index in [1.807, 2.05) is 0 Å². The number of benzene rings is 6. The number of hydrogen-bond donors (Lipinski definition) is 0. The average molecular weight is 690 g/mol. The van der Waals surface area contributed by atoms with Crippen LogP contribution in [0.15, 0.2) is 146 Å². The molecular formula is C42H38Cl2SiTi. The van der Waals surface area contributed by atoms with E-state index in [4.69, 9.17) is 0 Å². The van der Waals surface area contributed by atoms with E-state index in [0.29, 0.717) is 0 Å². The summed E-state index contributed by atoms with van der Waals surface area (Å²) in [5.41, 5.74) is 7.94. The average Bonchev–Trinajstić information content (AvgIpc) is 3.61. The zero-order valence-corrected chi connectivity index (χ0v) is 30.9. The molecule has 4 heteroatoms. The van der Waals surface area contributed by atoms with Crippen molar-refractivity contribution >= 4 is 74.1 Å². The van der Waals surface area contributed by atoms with Gasteiger partial charge in [-0.2, -0.15) is 12.1 Å². The van der Waals surface area contributed by atoms with Crippen LogP contribution in [0.4, 0.5) is 0 Å². The van der Waals surface area contributed by atoms with Gasteiger partial charge in [0.25, 0.3) is 0 Å². The molecule has 0 aromatic heterocycles. The van der Waals surface area contributed by atoms with Crippen LogP contribution in [-0.4, -0.2) is 6.19 Å². The summed E-state index contributed by atoms with van der Waals surface area (Å²) in [6, 6.07) is 52.5. The monoisotopic (exact) mass is 688 g/mol. The van der Waals surface area contributed by atoms with Gasteiger partial charge in [-0.15, -0.1) is 93.9 Å². The zero-order chi connectivity index (χ0) is 30.6. The predicted octanol–water partition coefficient (Wildman–Crippen LogP) is 13.0. The minimum atomic E-state index is 0. The van der Waals surface area contributed by atoms with E-state index in [1.54, 1.807) is 0 Å². The molecule has 0 amide bonds. The van der Waals surface area contributed by atoms with Crippen LogP contribution in [0.2, 0.25) is 13.1 Å². The van der Waals surface area contributed by atoms with Crippen LogP contribution in [-0.2, 0) is 19.2 Å². The Bertz CT molecular complexity index is 2090. The van der Waals surface area contributed by atoms with Crippen molar-refractivity contribution < 1.29 is 19.2 Å². The van der Waals surface area contributed by atoms with Gasteiger partial charge in [0.05, 0.1) is 0 Å². The first-order valence-corrected chi connectivity index (χ1v) is 20.0. The summed E-state index contributed by atoms with van der Waals surface area (Å²) in [5.74, 6) is 0. The predicted molar refractivity (Wildman–Crippen MR) is 206 cm³/mol. The number of hydrogen-bond acceptors (Lipinski definition) is 0. The van der Waals surface area contributed by atoms with Crippen molar-refractivity contribution in [3.63, 3.8) is 0 Å². The smallest absolute Gasteiger partial charge is 0.0114 e. The third kappa shape index (κ3) is 7.74. The third-order valence-electron chi connectivity index (χ3n) is 7.95. The van der Waals surface area contributed by atoms with Crippen LogP contribution in [0, 0.1) is 13.8 Å². The van der Waals surface area contributed by atoms with Crippen LogP contribution < -0.4 is 0 Å². The summed E-state index contributed by atoms with van der Waals surface area (Å²) in [6.45, 7) is 8.86. The molecule has 0 radical (unpaired) electrons. The molecule has 0 nitrogen and oxygen atoms in total. The molecule has 0 aliphatic carbocycles. The fourth-order valence-electron chi connectivity index (χ4n) is 6.16. The first kappa shape index (κ1) is 35.4.